The number of aromatic nitrogens is 1. The third kappa shape index (κ3) is 5.48. The number of hydroxylamine groups is 2. The molecule has 1 aromatic carbocycles. The van der Waals surface area contributed by atoms with Gasteiger partial charge in [0.25, 0.3) is 0 Å². The second-order valence-corrected chi connectivity index (χ2v) is 10.9. The van der Waals surface area contributed by atoms with E-state index in [1.54, 1.807) is 35.6 Å². The number of thiophene rings is 1. The van der Waals surface area contributed by atoms with Gasteiger partial charge >= 0.3 is 5.97 Å². The molecule has 7 heteroatoms. The van der Waals surface area contributed by atoms with Gasteiger partial charge in [-0.1, -0.05) is 37.1 Å². The van der Waals surface area contributed by atoms with Crippen LogP contribution in [0.15, 0.2) is 66.2 Å². The lowest BCUT2D eigenvalue weighted by Gasteiger charge is -2.47. The Labute approximate surface area is 217 Å². The summed E-state index contributed by atoms with van der Waals surface area (Å²) in [6.07, 6.45) is 9.24. The molecule has 0 bridgehead atoms. The molecule has 0 radical (unpaired) electrons. The van der Waals surface area contributed by atoms with E-state index < -0.39 is 0 Å². The Bertz CT molecular complexity index is 1130. The number of rotatable bonds is 9. The molecule has 1 atom stereocenters. The summed E-state index contributed by atoms with van der Waals surface area (Å²) >= 11 is 1.61. The molecule has 1 aliphatic heterocycles. The molecular formula is C29H34N2O4S. The number of carbonyl (C=O) groups excluding carboxylic acids is 1. The van der Waals surface area contributed by atoms with Gasteiger partial charge in [0.05, 0.1) is 29.7 Å². The molecule has 3 heterocycles. The van der Waals surface area contributed by atoms with Gasteiger partial charge in [0, 0.05) is 30.5 Å². The number of carbonyl (C=O) groups is 1. The van der Waals surface area contributed by atoms with E-state index in [2.05, 4.69) is 12.1 Å². The molecule has 1 saturated heterocycles. The molecule has 1 saturated carbocycles. The van der Waals surface area contributed by atoms with Crippen molar-refractivity contribution >= 4 is 17.3 Å². The predicted molar refractivity (Wildman–Crippen MR) is 140 cm³/mol. The molecule has 0 unspecified atom stereocenters. The van der Waals surface area contributed by atoms with Crippen LogP contribution in [0.5, 0.6) is 5.75 Å². The molecule has 0 amide bonds. The number of benzene rings is 1. The van der Waals surface area contributed by atoms with Crippen molar-refractivity contribution in [2.75, 3.05) is 20.3 Å². The molecule has 5 rings (SSSR count). The maximum absolute atomic E-state index is 13.0. The Morgan fingerprint density at radius 1 is 1.08 bits per heavy atom. The molecule has 3 aromatic rings. The standard InChI is InChI=1S/C29H34N2O4S/c1-33-24-12-20-36-25(24)21-31(35-27(32)23-9-3-2-4-10-23)18-15-28(26-11-5-8-17-30-26)16-19-34-29(22-28)13-6-7-14-29/h2-5,8-12,17,20H,6-7,13-16,18-19,21-22H2,1H3/t28-/m1/s1. The normalized spacial score (nSPS) is 21.1. The summed E-state index contributed by atoms with van der Waals surface area (Å²) < 4.78 is 11.9. The van der Waals surface area contributed by atoms with Crippen LogP contribution in [0.2, 0.25) is 0 Å². The largest absolute Gasteiger partial charge is 0.496 e. The topological polar surface area (TPSA) is 60.9 Å². The highest BCUT2D eigenvalue weighted by Gasteiger charge is 2.48. The van der Waals surface area contributed by atoms with Gasteiger partial charge in [-0.25, -0.2) is 4.79 Å². The second-order valence-electron chi connectivity index (χ2n) is 9.93. The molecule has 1 aliphatic carbocycles. The molecule has 1 spiro atoms. The number of pyridine rings is 1. The molecule has 0 N–H and O–H groups in total. The fourth-order valence-electron chi connectivity index (χ4n) is 5.82. The minimum Gasteiger partial charge on any atom is -0.496 e. The molecule has 190 valence electrons. The van der Waals surface area contributed by atoms with Crippen LogP contribution < -0.4 is 4.74 Å². The lowest BCUT2D eigenvalue weighted by atomic mass is 9.68. The van der Waals surface area contributed by atoms with Gasteiger partial charge in [-0.15, -0.1) is 16.4 Å². The Morgan fingerprint density at radius 2 is 1.89 bits per heavy atom. The highest BCUT2D eigenvalue weighted by atomic mass is 32.1. The van der Waals surface area contributed by atoms with Gasteiger partial charge in [0.2, 0.25) is 0 Å². The first kappa shape index (κ1) is 24.9. The molecule has 2 fully saturated rings. The fourth-order valence-corrected chi connectivity index (χ4v) is 6.66. The summed E-state index contributed by atoms with van der Waals surface area (Å²) in [5.41, 5.74) is 1.47. The number of nitrogens with zero attached hydrogens (tertiary/aromatic N) is 2. The van der Waals surface area contributed by atoms with Gasteiger partial charge in [-0.05, 0) is 67.8 Å². The Balaban J connectivity index is 1.40. The van der Waals surface area contributed by atoms with Crippen LogP contribution in [-0.2, 0) is 21.5 Å². The molecular weight excluding hydrogens is 472 g/mol. The minimum absolute atomic E-state index is 0.0573. The van der Waals surface area contributed by atoms with E-state index in [0.717, 1.165) is 55.0 Å². The maximum atomic E-state index is 13.0. The monoisotopic (exact) mass is 506 g/mol. The number of ether oxygens (including phenoxy) is 2. The van der Waals surface area contributed by atoms with Gasteiger partial charge in [0.15, 0.2) is 0 Å². The van der Waals surface area contributed by atoms with Gasteiger partial charge in [-0.3, -0.25) is 4.98 Å². The lowest BCUT2D eigenvalue weighted by molar-refractivity contribution is -0.133. The van der Waals surface area contributed by atoms with Crippen LogP contribution in [0.1, 0.15) is 65.9 Å². The molecule has 2 aromatic heterocycles. The number of hydrogen-bond acceptors (Lipinski definition) is 7. The first-order valence-corrected chi connectivity index (χ1v) is 13.7. The zero-order chi connectivity index (χ0) is 24.8. The zero-order valence-corrected chi connectivity index (χ0v) is 21.7. The van der Waals surface area contributed by atoms with Crippen molar-refractivity contribution in [3.05, 3.63) is 82.3 Å². The first-order valence-electron chi connectivity index (χ1n) is 12.8. The summed E-state index contributed by atoms with van der Waals surface area (Å²) in [7, 11) is 1.67. The van der Waals surface area contributed by atoms with Crippen LogP contribution >= 0.6 is 11.3 Å². The van der Waals surface area contributed by atoms with Crippen molar-refractivity contribution in [2.45, 2.75) is 62.5 Å². The van der Waals surface area contributed by atoms with Crippen LogP contribution in [0.25, 0.3) is 0 Å². The summed E-state index contributed by atoms with van der Waals surface area (Å²) in [4.78, 5) is 24.9. The fraction of sp³-hybridized carbons (Fsp3) is 0.448. The van der Waals surface area contributed by atoms with Crippen LogP contribution in [0.3, 0.4) is 0 Å². The van der Waals surface area contributed by atoms with Crippen LogP contribution in [0.4, 0.5) is 0 Å². The predicted octanol–water partition coefficient (Wildman–Crippen LogP) is 6.18. The Morgan fingerprint density at radius 3 is 2.64 bits per heavy atom. The number of hydrogen-bond donors (Lipinski definition) is 0. The van der Waals surface area contributed by atoms with Gasteiger partial charge in [-0.2, -0.15) is 0 Å². The van der Waals surface area contributed by atoms with E-state index >= 15 is 0 Å². The highest BCUT2D eigenvalue weighted by Crippen LogP contribution is 2.49. The smallest absolute Gasteiger partial charge is 0.357 e. The van der Waals surface area contributed by atoms with Crippen molar-refractivity contribution in [2.24, 2.45) is 0 Å². The summed E-state index contributed by atoms with van der Waals surface area (Å²) in [5, 5.41) is 3.80. The van der Waals surface area contributed by atoms with E-state index in [0.29, 0.717) is 18.7 Å². The third-order valence-electron chi connectivity index (χ3n) is 7.68. The SMILES string of the molecule is COc1ccsc1CN(CC[C@@]1(c2ccccn2)CCOC2(CCCC2)C1)OC(=O)c1ccccc1. The molecule has 6 nitrogen and oxygen atoms in total. The average Bonchev–Trinajstić information content (AvgIpc) is 3.57. The van der Waals surface area contributed by atoms with Crippen molar-refractivity contribution < 1.29 is 19.1 Å². The number of methoxy groups -OCH3 is 1. The quantitative estimate of drug-likeness (QED) is 0.323. The maximum Gasteiger partial charge on any atom is 0.357 e. The van der Waals surface area contributed by atoms with Gasteiger partial charge < -0.3 is 14.3 Å². The molecule has 2 aliphatic rings. The van der Waals surface area contributed by atoms with E-state index in [9.17, 15) is 4.79 Å². The summed E-state index contributed by atoms with van der Waals surface area (Å²) in [6, 6.07) is 17.3. The van der Waals surface area contributed by atoms with Crippen molar-refractivity contribution in [1.82, 2.24) is 10.0 Å². The summed E-state index contributed by atoms with van der Waals surface area (Å²) in [6.45, 7) is 1.80. The second kappa shape index (κ2) is 11.1. The van der Waals surface area contributed by atoms with Gasteiger partial charge in [0.1, 0.15) is 5.75 Å². The Hall–Kier alpha value is -2.74. The lowest BCUT2D eigenvalue weighted by Crippen LogP contribution is -2.47. The zero-order valence-electron chi connectivity index (χ0n) is 20.9. The van der Waals surface area contributed by atoms with E-state index in [4.69, 9.17) is 19.3 Å². The average molecular weight is 507 g/mol. The van der Waals surface area contributed by atoms with E-state index in [1.807, 2.05) is 41.9 Å². The highest BCUT2D eigenvalue weighted by molar-refractivity contribution is 7.10. The van der Waals surface area contributed by atoms with E-state index in [1.165, 1.54) is 12.8 Å². The third-order valence-corrected chi connectivity index (χ3v) is 8.57. The molecule has 36 heavy (non-hydrogen) atoms. The van der Waals surface area contributed by atoms with Crippen molar-refractivity contribution in [3.63, 3.8) is 0 Å². The van der Waals surface area contributed by atoms with Crippen molar-refractivity contribution in [3.8, 4) is 5.75 Å². The van der Waals surface area contributed by atoms with Crippen LogP contribution in [0, 0.1) is 0 Å². The van der Waals surface area contributed by atoms with E-state index in [-0.39, 0.29) is 17.0 Å². The first-order chi connectivity index (χ1) is 17.6. The van der Waals surface area contributed by atoms with Crippen molar-refractivity contribution in [1.29, 1.82) is 0 Å². The Kier molecular flexibility index (Phi) is 7.70. The summed E-state index contributed by atoms with van der Waals surface area (Å²) in [5.74, 6) is 0.466. The minimum atomic E-state index is -0.350. The van der Waals surface area contributed by atoms with Crippen LogP contribution in [-0.4, -0.2) is 41.9 Å².